The second-order valence-electron chi connectivity index (χ2n) is 4.75. The molecule has 2 saturated heterocycles. The lowest BCUT2D eigenvalue weighted by Crippen LogP contribution is -2.55. The first-order valence-electron chi connectivity index (χ1n) is 5.86. The summed E-state index contributed by atoms with van der Waals surface area (Å²) in [6.07, 6.45) is 2.72. The minimum Gasteiger partial charge on any atom is -0.343 e. The van der Waals surface area contributed by atoms with Crippen LogP contribution in [0.25, 0.3) is 0 Å². The highest BCUT2D eigenvalue weighted by molar-refractivity contribution is 9.10. The Balaban J connectivity index is 1.80. The Morgan fingerprint density at radius 3 is 3.12 bits per heavy atom. The number of nitrogens with zero attached hydrogens (tertiary/aromatic N) is 3. The predicted octanol–water partition coefficient (Wildman–Crippen LogP) is 2.58. The fourth-order valence-electron chi connectivity index (χ4n) is 2.83. The fraction of sp³-hybridized carbons (Fsp3) is 0.727. The molecule has 1 aromatic rings. The van der Waals surface area contributed by atoms with E-state index >= 15 is 0 Å². The molecule has 3 rings (SSSR count). The molecule has 3 nitrogen and oxygen atoms in total. The molecular weight excluding hydrogens is 286 g/mol. The van der Waals surface area contributed by atoms with Crippen molar-refractivity contribution in [1.29, 1.82) is 0 Å². The van der Waals surface area contributed by atoms with Gasteiger partial charge in [-0.1, -0.05) is 0 Å². The van der Waals surface area contributed by atoms with Gasteiger partial charge in [0.05, 0.1) is 0 Å². The molecule has 16 heavy (non-hydrogen) atoms. The van der Waals surface area contributed by atoms with Gasteiger partial charge in [0.15, 0.2) is 5.13 Å². The third-order valence-corrected chi connectivity index (χ3v) is 5.23. The molecule has 0 radical (unpaired) electrons. The maximum atomic E-state index is 4.54. The molecule has 1 aromatic heterocycles. The van der Waals surface area contributed by atoms with Crippen LogP contribution in [-0.4, -0.2) is 41.6 Å². The summed E-state index contributed by atoms with van der Waals surface area (Å²) in [7, 11) is 0. The molecule has 0 amide bonds. The first kappa shape index (κ1) is 11.0. The summed E-state index contributed by atoms with van der Waals surface area (Å²) < 4.78 is 0.966. The highest BCUT2D eigenvalue weighted by atomic mass is 79.9. The van der Waals surface area contributed by atoms with E-state index in [1.807, 2.05) is 0 Å². The highest BCUT2D eigenvalue weighted by Gasteiger charge is 2.35. The molecule has 88 valence electrons. The van der Waals surface area contributed by atoms with Crippen molar-refractivity contribution in [3.8, 4) is 0 Å². The molecule has 2 unspecified atom stereocenters. The molecule has 2 aliphatic rings. The van der Waals surface area contributed by atoms with Crippen LogP contribution < -0.4 is 4.90 Å². The summed E-state index contributed by atoms with van der Waals surface area (Å²) in [6, 6.07) is 1.35. The molecular formula is C11H16BrN3S. The van der Waals surface area contributed by atoms with Crippen molar-refractivity contribution in [2.75, 3.05) is 24.5 Å². The fourth-order valence-corrected chi connectivity index (χ4v) is 4.19. The molecule has 0 N–H and O–H groups in total. The van der Waals surface area contributed by atoms with Crippen molar-refractivity contribution in [2.45, 2.75) is 31.8 Å². The van der Waals surface area contributed by atoms with Gasteiger partial charge in [-0.2, -0.15) is 0 Å². The zero-order chi connectivity index (χ0) is 11.1. The standard InChI is InChI=1S/C11H16BrN3S/c1-8-5-14-4-2-3-9(14)6-15(8)11-13-10(12)7-16-11/h7-9H,2-6H2,1H3. The van der Waals surface area contributed by atoms with Gasteiger partial charge >= 0.3 is 0 Å². The summed E-state index contributed by atoms with van der Waals surface area (Å²) in [5, 5.41) is 3.24. The Morgan fingerprint density at radius 1 is 1.50 bits per heavy atom. The summed E-state index contributed by atoms with van der Waals surface area (Å²) in [4.78, 5) is 9.66. The van der Waals surface area contributed by atoms with Gasteiger partial charge in [-0.05, 0) is 42.2 Å². The molecule has 3 heterocycles. The van der Waals surface area contributed by atoms with Crippen LogP contribution in [0.4, 0.5) is 5.13 Å². The largest absolute Gasteiger partial charge is 0.343 e. The third kappa shape index (κ3) is 1.89. The summed E-state index contributed by atoms with van der Waals surface area (Å²) in [5.41, 5.74) is 0. The van der Waals surface area contributed by atoms with Crippen LogP contribution in [-0.2, 0) is 0 Å². The minimum absolute atomic E-state index is 0.590. The normalized spacial score (nSPS) is 30.8. The molecule has 2 fully saturated rings. The molecule has 2 atom stereocenters. The smallest absolute Gasteiger partial charge is 0.186 e. The highest BCUT2D eigenvalue weighted by Crippen LogP contribution is 2.31. The summed E-state index contributed by atoms with van der Waals surface area (Å²) >= 11 is 5.18. The van der Waals surface area contributed by atoms with Crippen molar-refractivity contribution in [3.05, 3.63) is 9.98 Å². The molecule has 0 saturated carbocycles. The molecule has 0 aliphatic carbocycles. The van der Waals surface area contributed by atoms with Crippen LogP contribution in [0.3, 0.4) is 0 Å². The Kier molecular flexibility index (Phi) is 2.94. The Labute approximate surface area is 109 Å². The van der Waals surface area contributed by atoms with Crippen LogP contribution in [0.2, 0.25) is 0 Å². The topological polar surface area (TPSA) is 19.4 Å². The van der Waals surface area contributed by atoms with E-state index in [-0.39, 0.29) is 0 Å². The number of aromatic nitrogens is 1. The van der Waals surface area contributed by atoms with Crippen LogP contribution in [0, 0.1) is 0 Å². The monoisotopic (exact) mass is 301 g/mol. The SMILES string of the molecule is CC1CN2CCCC2CN1c1nc(Br)cs1. The van der Waals surface area contributed by atoms with Gasteiger partial charge in [0.25, 0.3) is 0 Å². The van der Waals surface area contributed by atoms with Crippen molar-refractivity contribution in [2.24, 2.45) is 0 Å². The van der Waals surface area contributed by atoms with Crippen LogP contribution in [0.15, 0.2) is 9.98 Å². The first-order valence-corrected chi connectivity index (χ1v) is 7.53. The van der Waals surface area contributed by atoms with E-state index in [4.69, 9.17) is 0 Å². The van der Waals surface area contributed by atoms with Crippen LogP contribution in [0.5, 0.6) is 0 Å². The molecule has 0 bridgehead atoms. The van der Waals surface area contributed by atoms with Crippen molar-refractivity contribution >= 4 is 32.4 Å². The zero-order valence-electron chi connectivity index (χ0n) is 9.40. The van der Waals surface area contributed by atoms with Gasteiger partial charge in [-0.25, -0.2) is 4.98 Å². The number of thiazole rings is 1. The number of halogens is 1. The first-order chi connectivity index (χ1) is 7.74. The predicted molar refractivity (Wildman–Crippen MR) is 71.2 cm³/mol. The third-order valence-electron chi connectivity index (χ3n) is 3.65. The average Bonchev–Trinajstić information content (AvgIpc) is 2.84. The van der Waals surface area contributed by atoms with Crippen molar-refractivity contribution in [3.63, 3.8) is 0 Å². The summed E-state index contributed by atoms with van der Waals surface area (Å²) in [6.45, 7) is 5.96. The van der Waals surface area contributed by atoms with Crippen LogP contribution in [0.1, 0.15) is 19.8 Å². The van der Waals surface area contributed by atoms with Gasteiger partial charge in [0, 0.05) is 30.6 Å². The second-order valence-corrected chi connectivity index (χ2v) is 6.39. The maximum Gasteiger partial charge on any atom is 0.186 e. The lowest BCUT2D eigenvalue weighted by molar-refractivity contribution is 0.203. The van der Waals surface area contributed by atoms with Gasteiger partial charge in [-0.3, -0.25) is 4.90 Å². The second kappa shape index (κ2) is 4.27. The van der Waals surface area contributed by atoms with E-state index in [0.717, 1.165) is 17.2 Å². The number of rotatable bonds is 1. The zero-order valence-corrected chi connectivity index (χ0v) is 11.8. The molecule has 0 aromatic carbocycles. The van der Waals surface area contributed by atoms with Gasteiger partial charge in [0.1, 0.15) is 4.60 Å². The van der Waals surface area contributed by atoms with E-state index in [1.165, 1.54) is 31.1 Å². The minimum atomic E-state index is 0.590. The van der Waals surface area contributed by atoms with Gasteiger partial charge < -0.3 is 4.90 Å². The summed E-state index contributed by atoms with van der Waals surface area (Å²) in [5.74, 6) is 0. The van der Waals surface area contributed by atoms with Gasteiger partial charge in [-0.15, -0.1) is 11.3 Å². The van der Waals surface area contributed by atoms with Crippen LogP contribution >= 0.6 is 27.3 Å². The molecule has 2 aliphatic heterocycles. The van der Waals surface area contributed by atoms with E-state index in [2.05, 4.69) is 43.0 Å². The van der Waals surface area contributed by atoms with Crippen molar-refractivity contribution < 1.29 is 0 Å². The van der Waals surface area contributed by atoms with Crippen molar-refractivity contribution in [1.82, 2.24) is 9.88 Å². The quantitative estimate of drug-likeness (QED) is 0.795. The lowest BCUT2D eigenvalue weighted by Gasteiger charge is -2.42. The molecule has 5 heteroatoms. The van der Waals surface area contributed by atoms with E-state index in [9.17, 15) is 0 Å². The lowest BCUT2D eigenvalue weighted by atomic mass is 10.1. The van der Waals surface area contributed by atoms with Gasteiger partial charge in [0.2, 0.25) is 0 Å². The number of hydrogen-bond acceptors (Lipinski definition) is 4. The van der Waals surface area contributed by atoms with E-state index < -0.39 is 0 Å². The Bertz CT molecular complexity index is 381. The molecule has 0 spiro atoms. The number of piperazine rings is 1. The average molecular weight is 302 g/mol. The maximum absolute atomic E-state index is 4.54. The number of fused-ring (bicyclic) bond motifs is 1. The number of anilines is 1. The Morgan fingerprint density at radius 2 is 2.38 bits per heavy atom. The number of hydrogen-bond donors (Lipinski definition) is 0. The Hall–Kier alpha value is -0.130. The van der Waals surface area contributed by atoms with E-state index in [1.54, 1.807) is 11.3 Å². The van der Waals surface area contributed by atoms with E-state index in [0.29, 0.717) is 6.04 Å².